The van der Waals surface area contributed by atoms with Gasteiger partial charge in [0.25, 0.3) is 11.8 Å². The Balaban J connectivity index is 1.81. The Hall–Kier alpha value is -2.69. The predicted molar refractivity (Wildman–Crippen MR) is 78.8 cm³/mol. The third kappa shape index (κ3) is 1.60. The van der Waals surface area contributed by atoms with Gasteiger partial charge in [-0.15, -0.1) is 0 Å². The van der Waals surface area contributed by atoms with Gasteiger partial charge < -0.3 is 4.90 Å². The van der Waals surface area contributed by atoms with Crippen LogP contribution in [0.1, 0.15) is 26.3 Å². The molecule has 0 spiro atoms. The molecule has 2 aliphatic heterocycles. The topological polar surface area (TPSA) is 53.5 Å². The molecule has 1 aromatic heterocycles. The third-order valence-electron chi connectivity index (χ3n) is 4.04. The molecule has 3 heterocycles. The summed E-state index contributed by atoms with van der Waals surface area (Å²) in [6, 6.07) is 10.6. The molecule has 0 aliphatic carbocycles. The minimum Gasteiger partial charge on any atom is -0.359 e. The number of aromatic nitrogens is 1. The number of fused-ring (bicyclic) bond motifs is 2. The second-order valence-electron chi connectivity index (χ2n) is 5.32. The van der Waals surface area contributed by atoms with E-state index in [9.17, 15) is 9.59 Å². The molecule has 21 heavy (non-hydrogen) atoms. The maximum atomic E-state index is 12.4. The number of hydrogen-bond donors (Lipinski definition) is 0. The molecule has 0 fully saturated rings. The van der Waals surface area contributed by atoms with Crippen LogP contribution < -0.4 is 9.80 Å². The number of benzene rings is 1. The van der Waals surface area contributed by atoms with Crippen LogP contribution in [0.15, 0.2) is 36.4 Å². The zero-order valence-electron chi connectivity index (χ0n) is 11.5. The summed E-state index contributed by atoms with van der Waals surface area (Å²) >= 11 is 0. The fourth-order valence-electron chi connectivity index (χ4n) is 2.91. The minimum absolute atomic E-state index is 0.302. The van der Waals surface area contributed by atoms with Gasteiger partial charge >= 0.3 is 0 Å². The van der Waals surface area contributed by atoms with Crippen molar-refractivity contribution in [2.45, 2.75) is 6.42 Å². The molecular weight excluding hydrogens is 266 g/mol. The minimum atomic E-state index is -0.302. The van der Waals surface area contributed by atoms with E-state index in [1.165, 1.54) is 0 Å². The molecule has 0 N–H and O–H groups in total. The summed E-state index contributed by atoms with van der Waals surface area (Å²) in [6.45, 7) is 0.911. The number of hydrogen-bond acceptors (Lipinski definition) is 4. The molecule has 0 bridgehead atoms. The SMILES string of the molecule is CN1CCc2ccc(N3C(=O)c4ccccc4C3=O)nc21. The van der Waals surface area contributed by atoms with Gasteiger partial charge in [0.2, 0.25) is 0 Å². The van der Waals surface area contributed by atoms with E-state index in [-0.39, 0.29) is 11.8 Å². The first kappa shape index (κ1) is 12.1. The Morgan fingerprint density at radius 1 is 1.00 bits per heavy atom. The molecule has 5 nitrogen and oxygen atoms in total. The molecular formula is C16H13N3O2. The lowest BCUT2D eigenvalue weighted by molar-refractivity contribution is 0.0925. The smallest absolute Gasteiger partial charge is 0.267 e. The second-order valence-corrected chi connectivity index (χ2v) is 5.32. The van der Waals surface area contributed by atoms with Gasteiger partial charge in [0, 0.05) is 13.6 Å². The quantitative estimate of drug-likeness (QED) is 0.748. The van der Waals surface area contributed by atoms with Crippen LogP contribution in [0.3, 0.4) is 0 Å². The largest absolute Gasteiger partial charge is 0.359 e. The molecule has 2 aromatic rings. The molecule has 0 saturated carbocycles. The zero-order valence-corrected chi connectivity index (χ0v) is 11.5. The fraction of sp³-hybridized carbons (Fsp3) is 0.188. The number of imide groups is 1. The molecule has 2 amide bonds. The van der Waals surface area contributed by atoms with Crippen LogP contribution in [0, 0.1) is 0 Å². The average Bonchev–Trinajstić information content (AvgIpc) is 2.99. The van der Waals surface area contributed by atoms with Gasteiger partial charge in [0.05, 0.1) is 11.1 Å². The monoisotopic (exact) mass is 279 g/mol. The van der Waals surface area contributed by atoms with Crippen molar-refractivity contribution in [1.82, 2.24) is 4.98 Å². The van der Waals surface area contributed by atoms with Crippen molar-refractivity contribution in [2.24, 2.45) is 0 Å². The van der Waals surface area contributed by atoms with Crippen molar-refractivity contribution in [3.63, 3.8) is 0 Å². The van der Waals surface area contributed by atoms with Crippen LogP contribution in [-0.4, -0.2) is 30.4 Å². The molecule has 1 aromatic carbocycles. The molecule has 0 saturated heterocycles. The van der Waals surface area contributed by atoms with Gasteiger partial charge in [-0.2, -0.15) is 0 Å². The first-order valence-corrected chi connectivity index (χ1v) is 6.85. The Bertz CT molecular complexity index is 750. The second kappa shape index (κ2) is 4.15. The van der Waals surface area contributed by atoms with Crippen LogP contribution >= 0.6 is 0 Å². The van der Waals surface area contributed by atoms with E-state index in [0.717, 1.165) is 29.2 Å². The number of amides is 2. The van der Waals surface area contributed by atoms with Crippen LogP contribution in [0.25, 0.3) is 0 Å². The summed E-state index contributed by atoms with van der Waals surface area (Å²) in [6.07, 6.45) is 0.946. The van der Waals surface area contributed by atoms with E-state index in [2.05, 4.69) is 4.98 Å². The van der Waals surface area contributed by atoms with E-state index in [1.807, 2.05) is 18.0 Å². The predicted octanol–water partition coefficient (Wildman–Crippen LogP) is 1.87. The number of pyridine rings is 1. The first-order chi connectivity index (χ1) is 10.2. The van der Waals surface area contributed by atoms with E-state index in [4.69, 9.17) is 0 Å². The standard InChI is InChI=1S/C16H13N3O2/c1-18-9-8-10-6-7-13(17-14(10)18)19-15(20)11-4-2-3-5-12(11)16(19)21/h2-7H,8-9H2,1H3. The van der Waals surface area contributed by atoms with Gasteiger partial charge in [0.1, 0.15) is 11.6 Å². The van der Waals surface area contributed by atoms with E-state index in [1.54, 1.807) is 30.3 Å². The van der Waals surface area contributed by atoms with Crippen molar-refractivity contribution < 1.29 is 9.59 Å². The van der Waals surface area contributed by atoms with Crippen molar-refractivity contribution in [1.29, 1.82) is 0 Å². The maximum Gasteiger partial charge on any atom is 0.267 e. The number of nitrogens with zero attached hydrogens (tertiary/aromatic N) is 3. The van der Waals surface area contributed by atoms with E-state index < -0.39 is 0 Å². The van der Waals surface area contributed by atoms with Gasteiger partial charge in [-0.05, 0) is 30.2 Å². The number of carbonyl (C=O) groups excluding carboxylic acids is 2. The summed E-state index contributed by atoms with van der Waals surface area (Å²) in [5, 5.41) is 0. The number of rotatable bonds is 1. The average molecular weight is 279 g/mol. The Morgan fingerprint density at radius 3 is 2.33 bits per heavy atom. The highest BCUT2D eigenvalue weighted by atomic mass is 16.2. The lowest BCUT2D eigenvalue weighted by Gasteiger charge is -2.16. The van der Waals surface area contributed by atoms with E-state index in [0.29, 0.717) is 16.9 Å². The third-order valence-corrected chi connectivity index (χ3v) is 4.04. The summed E-state index contributed by atoms with van der Waals surface area (Å²) < 4.78 is 0. The van der Waals surface area contributed by atoms with Gasteiger partial charge in [0.15, 0.2) is 0 Å². The first-order valence-electron chi connectivity index (χ1n) is 6.85. The molecule has 0 atom stereocenters. The van der Waals surface area contributed by atoms with Gasteiger partial charge in [-0.1, -0.05) is 18.2 Å². The molecule has 2 aliphatic rings. The van der Waals surface area contributed by atoms with Crippen LogP contribution in [0.4, 0.5) is 11.6 Å². The summed E-state index contributed by atoms with van der Waals surface area (Å²) in [5.74, 6) is 0.644. The van der Waals surface area contributed by atoms with Crippen molar-refractivity contribution >= 4 is 23.5 Å². The molecule has 4 rings (SSSR count). The highest BCUT2D eigenvalue weighted by Crippen LogP contribution is 2.31. The summed E-state index contributed by atoms with van der Waals surface area (Å²) in [5.41, 5.74) is 2.04. The van der Waals surface area contributed by atoms with Crippen LogP contribution in [0.2, 0.25) is 0 Å². The van der Waals surface area contributed by atoms with Crippen LogP contribution in [-0.2, 0) is 6.42 Å². The normalized spacial score (nSPS) is 16.4. The Labute approximate surface area is 121 Å². The van der Waals surface area contributed by atoms with E-state index >= 15 is 0 Å². The highest BCUT2D eigenvalue weighted by Gasteiger charge is 2.37. The molecule has 104 valence electrons. The number of anilines is 2. The van der Waals surface area contributed by atoms with Crippen molar-refractivity contribution in [3.05, 3.63) is 53.1 Å². The number of likely N-dealkylation sites (N-methyl/N-ethyl adjacent to an activating group) is 1. The van der Waals surface area contributed by atoms with Crippen molar-refractivity contribution in [3.8, 4) is 0 Å². The Morgan fingerprint density at radius 2 is 1.67 bits per heavy atom. The number of carbonyl (C=O) groups is 2. The molecule has 0 radical (unpaired) electrons. The highest BCUT2D eigenvalue weighted by molar-refractivity contribution is 6.34. The Kier molecular flexibility index (Phi) is 2.39. The van der Waals surface area contributed by atoms with Crippen molar-refractivity contribution in [2.75, 3.05) is 23.4 Å². The van der Waals surface area contributed by atoms with Gasteiger partial charge in [-0.25, -0.2) is 9.88 Å². The van der Waals surface area contributed by atoms with Crippen LogP contribution in [0.5, 0.6) is 0 Å². The molecule has 0 unspecified atom stereocenters. The van der Waals surface area contributed by atoms with Gasteiger partial charge in [-0.3, -0.25) is 9.59 Å². The summed E-state index contributed by atoms with van der Waals surface area (Å²) in [7, 11) is 1.96. The lowest BCUT2D eigenvalue weighted by atomic mass is 10.1. The lowest BCUT2D eigenvalue weighted by Crippen LogP contribution is -2.30. The molecule has 5 heteroatoms. The zero-order chi connectivity index (χ0) is 14.6. The summed E-state index contributed by atoms with van der Waals surface area (Å²) in [4.78, 5) is 32.6. The fourth-order valence-corrected chi connectivity index (χ4v) is 2.91. The maximum absolute atomic E-state index is 12.4.